The summed E-state index contributed by atoms with van der Waals surface area (Å²) in [5, 5.41) is 19.9. The van der Waals surface area contributed by atoms with E-state index < -0.39 is 92.9 Å². The first-order valence-electron chi connectivity index (χ1n) is 11.6. The van der Waals surface area contributed by atoms with Crippen molar-refractivity contribution in [1.82, 2.24) is 9.55 Å². The van der Waals surface area contributed by atoms with Crippen LogP contribution in [0.5, 0.6) is 0 Å². The van der Waals surface area contributed by atoms with Crippen LogP contribution in [0.25, 0.3) is 0 Å². The molecular formula is C23H34FN2O13P. The normalized spacial score (nSPS) is 14.6. The fourth-order valence-electron chi connectivity index (χ4n) is 2.38. The van der Waals surface area contributed by atoms with E-state index in [1.165, 1.54) is 0 Å². The number of aliphatic hydroxyl groups is 2. The molecule has 1 aromatic heterocycles. The third kappa shape index (κ3) is 10.9. The van der Waals surface area contributed by atoms with Crippen LogP contribution < -0.4 is 11.2 Å². The molecule has 0 saturated carbocycles. The van der Waals surface area contributed by atoms with Gasteiger partial charge in [-0.15, -0.1) is 6.42 Å². The molecule has 0 aliphatic carbocycles. The number of aliphatic hydroxyl groups excluding tert-OH is 2. The average molecular weight is 596 g/mol. The Balaban J connectivity index is 3.12. The number of carbonyl (C=O) groups excluding carboxylic acids is 2. The molecule has 1 rings (SSSR count). The lowest BCUT2D eigenvalue weighted by Gasteiger charge is -2.27. The highest BCUT2D eigenvalue weighted by atomic mass is 31.2. The van der Waals surface area contributed by atoms with Crippen molar-refractivity contribution in [2.24, 2.45) is 10.8 Å². The Morgan fingerprint density at radius 2 is 1.57 bits per heavy atom. The predicted octanol–water partition coefficient (Wildman–Crippen LogP) is 0.797. The maximum atomic E-state index is 13.7. The first kappa shape index (κ1) is 35.1. The summed E-state index contributed by atoms with van der Waals surface area (Å²) >= 11 is 0. The standard InChI is InChI=1S/C23H34FN2O13P/c1-8-15(28)16(39-17(10-27)26-9-14(24)18(29)25-21(26)32)11-36-40(33,37-12-34-19(30)22(2,3)4)38-13-35-20(31)23(5,6)7/h1,9,15-17,27-28H,10-13H2,2-7H3,(H,25,29,32)/t15-,16+,17+/m0/s1. The SMILES string of the molecule is C#C[C@H](O)[C@@H](COP(=O)(OCOC(=O)C(C)(C)C)OCOC(=O)C(C)(C)C)O[C@H](CO)n1cc(F)c(=O)[nH]c1=O. The number of H-pyrrole nitrogens is 1. The summed E-state index contributed by atoms with van der Waals surface area (Å²) in [6, 6.07) is 0. The topological polar surface area (TPSA) is 202 Å². The predicted molar refractivity (Wildman–Crippen MR) is 134 cm³/mol. The second kappa shape index (κ2) is 14.6. The van der Waals surface area contributed by atoms with Gasteiger partial charge in [0, 0.05) is 0 Å². The Hall–Kier alpha value is -2.90. The summed E-state index contributed by atoms with van der Waals surface area (Å²) in [5.41, 5.74) is -4.37. The van der Waals surface area contributed by atoms with Crippen molar-refractivity contribution in [3.05, 3.63) is 32.9 Å². The van der Waals surface area contributed by atoms with Gasteiger partial charge in [0.25, 0.3) is 5.56 Å². The summed E-state index contributed by atoms with van der Waals surface area (Å²) in [6.45, 7) is 5.58. The quantitative estimate of drug-likeness (QED) is 0.118. The number of aromatic nitrogens is 2. The van der Waals surface area contributed by atoms with Crippen LogP contribution in [0, 0.1) is 29.0 Å². The molecule has 1 heterocycles. The minimum absolute atomic E-state index is 0.451. The van der Waals surface area contributed by atoms with Crippen molar-refractivity contribution in [3.8, 4) is 12.3 Å². The lowest BCUT2D eigenvalue weighted by Crippen LogP contribution is -2.41. The van der Waals surface area contributed by atoms with Crippen molar-refractivity contribution < 1.29 is 56.5 Å². The van der Waals surface area contributed by atoms with E-state index in [0.717, 1.165) is 0 Å². The summed E-state index contributed by atoms with van der Waals surface area (Å²) in [4.78, 5) is 49.0. The van der Waals surface area contributed by atoms with Crippen LogP contribution >= 0.6 is 7.82 Å². The van der Waals surface area contributed by atoms with Gasteiger partial charge < -0.3 is 24.4 Å². The molecule has 0 aromatic carbocycles. The van der Waals surface area contributed by atoms with E-state index >= 15 is 0 Å². The molecule has 15 nitrogen and oxygen atoms in total. The number of phosphoric ester groups is 1. The van der Waals surface area contributed by atoms with Crippen molar-refractivity contribution in [1.29, 1.82) is 0 Å². The van der Waals surface area contributed by atoms with Crippen molar-refractivity contribution >= 4 is 19.8 Å². The Kier molecular flexibility index (Phi) is 12.9. The van der Waals surface area contributed by atoms with E-state index in [1.807, 2.05) is 5.92 Å². The van der Waals surface area contributed by atoms with E-state index in [2.05, 4.69) is 0 Å². The number of esters is 2. The molecule has 0 radical (unpaired) electrons. The Morgan fingerprint density at radius 1 is 1.07 bits per heavy atom. The monoisotopic (exact) mass is 596 g/mol. The van der Waals surface area contributed by atoms with Gasteiger partial charge in [0.2, 0.25) is 19.4 Å². The minimum Gasteiger partial charge on any atom is -0.437 e. The molecule has 0 aliphatic heterocycles. The second-order valence-corrected chi connectivity index (χ2v) is 11.8. The van der Waals surface area contributed by atoms with E-state index in [0.29, 0.717) is 10.8 Å². The van der Waals surface area contributed by atoms with Gasteiger partial charge in [-0.1, -0.05) is 5.92 Å². The van der Waals surface area contributed by atoms with E-state index in [4.69, 9.17) is 34.2 Å². The van der Waals surface area contributed by atoms with Crippen LogP contribution in [0.3, 0.4) is 0 Å². The molecule has 0 unspecified atom stereocenters. The minimum atomic E-state index is -4.74. The van der Waals surface area contributed by atoms with Crippen molar-refractivity contribution in [3.63, 3.8) is 0 Å². The summed E-state index contributed by atoms with van der Waals surface area (Å²) in [5.74, 6) is -0.935. The second-order valence-electron chi connectivity index (χ2n) is 10.2. The maximum absolute atomic E-state index is 13.7. The number of hydrogen-bond donors (Lipinski definition) is 3. The van der Waals surface area contributed by atoms with Crippen LogP contribution in [0.15, 0.2) is 15.8 Å². The average Bonchev–Trinajstić information content (AvgIpc) is 2.85. The fourth-order valence-corrected chi connectivity index (χ4v) is 3.30. The van der Waals surface area contributed by atoms with Gasteiger partial charge in [-0.3, -0.25) is 28.5 Å². The number of rotatable bonds is 14. The molecule has 0 aliphatic rings. The number of nitrogens with zero attached hydrogens (tertiary/aromatic N) is 1. The van der Waals surface area contributed by atoms with Crippen LogP contribution in [0.4, 0.5) is 4.39 Å². The van der Waals surface area contributed by atoms with Gasteiger partial charge >= 0.3 is 25.5 Å². The molecular weight excluding hydrogens is 562 g/mol. The van der Waals surface area contributed by atoms with Crippen LogP contribution in [0.2, 0.25) is 0 Å². The summed E-state index contributed by atoms with van der Waals surface area (Å²) in [6.07, 6.45) is 0.486. The lowest BCUT2D eigenvalue weighted by molar-refractivity contribution is -0.164. The molecule has 0 fully saturated rings. The molecule has 226 valence electrons. The van der Waals surface area contributed by atoms with Crippen LogP contribution in [-0.2, 0) is 41.9 Å². The van der Waals surface area contributed by atoms with Gasteiger partial charge in [0.1, 0.15) is 12.2 Å². The number of aromatic amines is 1. The number of ether oxygens (including phenoxy) is 3. The van der Waals surface area contributed by atoms with Gasteiger partial charge in [-0.2, -0.15) is 4.39 Å². The lowest BCUT2D eigenvalue weighted by atomic mass is 9.98. The molecule has 3 N–H and O–H groups in total. The highest BCUT2D eigenvalue weighted by Crippen LogP contribution is 2.50. The molecule has 40 heavy (non-hydrogen) atoms. The smallest absolute Gasteiger partial charge is 0.437 e. The maximum Gasteiger partial charge on any atom is 0.480 e. The first-order chi connectivity index (χ1) is 18.3. The summed E-state index contributed by atoms with van der Waals surface area (Å²) < 4.78 is 57.7. The largest absolute Gasteiger partial charge is 0.480 e. The fraction of sp³-hybridized carbons (Fsp3) is 0.652. The number of halogens is 1. The Bertz CT molecular complexity index is 1190. The highest BCUT2D eigenvalue weighted by Gasteiger charge is 2.34. The zero-order valence-corrected chi connectivity index (χ0v) is 23.8. The van der Waals surface area contributed by atoms with Gasteiger partial charge in [-0.05, 0) is 41.5 Å². The first-order valence-corrected chi connectivity index (χ1v) is 13.1. The molecule has 0 saturated heterocycles. The number of phosphoric acid groups is 1. The van der Waals surface area contributed by atoms with Crippen LogP contribution in [-0.4, -0.2) is 70.7 Å². The zero-order chi connectivity index (χ0) is 30.9. The third-order valence-corrected chi connectivity index (χ3v) is 5.98. The van der Waals surface area contributed by atoms with Gasteiger partial charge in [0.15, 0.2) is 6.23 Å². The van der Waals surface area contributed by atoms with Crippen LogP contribution in [0.1, 0.15) is 47.8 Å². The van der Waals surface area contributed by atoms with E-state index in [-0.39, 0.29) is 0 Å². The van der Waals surface area contributed by atoms with Gasteiger partial charge in [0.05, 0.1) is 30.2 Å². The van der Waals surface area contributed by atoms with E-state index in [1.54, 1.807) is 46.5 Å². The highest BCUT2D eigenvalue weighted by molar-refractivity contribution is 7.48. The molecule has 1 aromatic rings. The number of terminal acetylenes is 1. The number of hydrogen-bond acceptors (Lipinski definition) is 13. The third-order valence-electron chi connectivity index (χ3n) is 4.67. The van der Waals surface area contributed by atoms with Crippen molar-refractivity contribution in [2.75, 3.05) is 26.8 Å². The molecule has 0 bridgehead atoms. The summed E-state index contributed by atoms with van der Waals surface area (Å²) in [7, 11) is -4.74. The molecule has 0 spiro atoms. The zero-order valence-electron chi connectivity index (χ0n) is 22.9. The molecule has 17 heteroatoms. The Morgan fingerprint density at radius 3 is 2.00 bits per heavy atom. The number of nitrogens with one attached hydrogen (secondary N) is 1. The van der Waals surface area contributed by atoms with Crippen molar-refractivity contribution in [2.45, 2.75) is 60.0 Å². The van der Waals surface area contributed by atoms with E-state index in [9.17, 15) is 38.3 Å². The van der Waals surface area contributed by atoms with Gasteiger partial charge in [-0.25, -0.2) is 18.4 Å². The molecule has 3 atom stereocenters. The number of carbonyl (C=O) groups is 2. The molecule has 0 amide bonds. The Labute approximate surface area is 229 Å².